The first kappa shape index (κ1) is 10.9. The van der Waals surface area contributed by atoms with E-state index in [1.807, 2.05) is 12.1 Å². The molecule has 3 nitrogen and oxygen atoms in total. The van der Waals surface area contributed by atoms with E-state index >= 15 is 0 Å². The Kier molecular flexibility index (Phi) is 2.90. The van der Waals surface area contributed by atoms with Gasteiger partial charge < -0.3 is 4.42 Å². The lowest BCUT2D eigenvalue weighted by Gasteiger charge is -2.29. The highest BCUT2D eigenvalue weighted by Crippen LogP contribution is 2.38. The lowest BCUT2D eigenvalue weighted by molar-refractivity contribution is 0.147. The lowest BCUT2D eigenvalue weighted by Crippen LogP contribution is -2.38. The van der Waals surface area contributed by atoms with Gasteiger partial charge in [0.15, 0.2) is 0 Å². The molecule has 3 heteroatoms. The van der Waals surface area contributed by atoms with Crippen LogP contribution >= 0.6 is 0 Å². The molecule has 0 N–H and O–H groups in total. The van der Waals surface area contributed by atoms with Crippen molar-refractivity contribution < 1.29 is 4.42 Å². The fourth-order valence-electron chi connectivity index (χ4n) is 2.99. The van der Waals surface area contributed by atoms with Gasteiger partial charge in [-0.1, -0.05) is 6.42 Å². The van der Waals surface area contributed by atoms with Gasteiger partial charge >= 0.3 is 0 Å². The molecule has 1 aromatic heterocycles. The van der Waals surface area contributed by atoms with Crippen LogP contribution in [-0.4, -0.2) is 17.0 Å². The summed E-state index contributed by atoms with van der Waals surface area (Å²) in [4.78, 5) is 2.51. The molecule has 2 aliphatic rings. The summed E-state index contributed by atoms with van der Waals surface area (Å²) in [6, 6.07) is 7.61. The molecule has 2 fully saturated rings. The SMILES string of the molecule is N#CC1CCCC1N(Cc1ccco1)C1CC1. The van der Waals surface area contributed by atoms with Gasteiger partial charge in [0.2, 0.25) is 0 Å². The van der Waals surface area contributed by atoms with Gasteiger partial charge in [0.25, 0.3) is 0 Å². The summed E-state index contributed by atoms with van der Waals surface area (Å²) in [6.45, 7) is 0.876. The highest BCUT2D eigenvalue weighted by Gasteiger charge is 2.40. The molecule has 2 atom stereocenters. The Morgan fingerprint density at radius 1 is 1.35 bits per heavy atom. The van der Waals surface area contributed by atoms with E-state index in [0.717, 1.165) is 18.7 Å². The lowest BCUT2D eigenvalue weighted by atomic mass is 10.0. The minimum Gasteiger partial charge on any atom is -0.468 e. The van der Waals surface area contributed by atoms with E-state index in [1.54, 1.807) is 6.26 Å². The number of furan rings is 1. The highest BCUT2D eigenvalue weighted by atomic mass is 16.3. The third kappa shape index (κ3) is 2.23. The minimum absolute atomic E-state index is 0.227. The average molecular weight is 230 g/mol. The first-order valence-electron chi connectivity index (χ1n) is 6.56. The molecule has 0 radical (unpaired) electrons. The van der Waals surface area contributed by atoms with Gasteiger partial charge in [-0.2, -0.15) is 5.26 Å². The summed E-state index contributed by atoms with van der Waals surface area (Å²) in [5, 5.41) is 9.21. The summed E-state index contributed by atoms with van der Waals surface area (Å²) in [5.74, 6) is 1.26. The van der Waals surface area contributed by atoms with Crippen molar-refractivity contribution >= 4 is 0 Å². The predicted molar refractivity (Wildman–Crippen MR) is 64.0 cm³/mol. The van der Waals surface area contributed by atoms with Gasteiger partial charge in [-0.05, 0) is 37.8 Å². The summed E-state index contributed by atoms with van der Waals surface area (Å²) in [6.07, 6.45) is 7.75. The molecule has 0 saturated heterocycles. The Bertz CT molecular complexity index is 402. The van der Waals surface area contributed by atoms with Gasteiger partial charge in [0.05, 0.1) is 24.8 Å². The molecule has 1 aromatic rings. The quantitative estimate of drug-likeness (QED) is 0.798. The molecule has 3 rings (SSSR count). The fraction of sp³-hybridized carbons (Fsp3) is 0.643. The zero-order valence-corrected chi connectivity index (χ0v) is 10.0. The number of rotatable bonds is 4. The zero-order valence-electron chi connectivity index (χ0n) is 10.0. The summed E-state index contributed by atoms with van der Waals surface area (Å²) in [7, 11) is 0. The Morgan fingerprint density at radius 3 is 2.88 bits per heavy atom. The number of nitrogens with zero attached hydrogens (tertiary/aromatic N) is 2. The van der Waals surface area contributed by atoms with Crippen LogP contribution in [0.4, 0.5) is 0 Å². The molecule has 0 bridgehead atoms. The maximum Gasteiger partial charge on any atom is 0.117 e. The molecule has 2 unspecified atom stereocenters. The third-order valence-electron chi connectivity index (χ3n) is 4.01. The molecule has 2 saturated carbocycles. The molecule has 0 spiro atoms. The largest absolute Gasteiger partial charge is 0.468 e. The second kappa shape index (κ2) is 4.54. The number of nitriles is 1. The van der Waals surface area contributed by atoms with Gasteiger partial charge in [-0.15, -0.1) is 0 Å². The number of hydrogen-bond acceptors (Lipinski definition) is 3. The van der Waals surface area contributed by atoms with Gasteiger partial charge in [-0.3, -0.25) is 4.90 Å². The van der Waals surface area contributed by atoms with Crippen LogP contribution in [0.5, 0.6) is 0 Å². The summed E-state index contributed by atoms with van der Waals surface area (Å²) >= 11 is 0. The van der Waals surface area contributed by atoms with Crippen molar-refractivity contribution in [3.05, 3.63) is 24.2 Å². The molecular weight excluding hydrogens is 212 g/mol. The van der Waals surface area contributed by atoms with Crippen LogP contribution in [0.2, 0.25) is 0 Å². The smallest absolute Gasteiger partial charge is 0.117 e. The molecule has 90 valence electrons. The Morgan fingerprint density at radius 2 is 2.24 bits per heavy atom. The van der Waals surface area contributed by atoms with Crippen LogP contribution < -0.4 is 0 Å². The van der Waals surface area contributed by atoms with E-state index in [0.29, 0.717) is 12.1 Å². The monoisotopic (exact) mass is 230 g/mol. The van der Waals surface area contributed by atoms with Crippen LogP contribution in [0.15, 0.2) is 22.8 Å². The molecule has 1 heterocycles. The second-order valence-electron chi connectivity index (χ2n) is 5.22. The topological polar surface area (TPSA) is 40.2 Å². The fourth-order valence-corrected chi connectivity index (χ4v) is 2.99. The second-order valence-corrected chi connectivity index (χ2v) is 5.22. The maximum absolute atomic E-state index is 9.21. The van der Waals surface area contributed by atoms with E-state index in [9.17, 15) is 5.26 Å². The van der Waals surface area contributed by atoms with Crippen molar-refractivity contribution in [2.24, 2.45) is 5.92 Å². The number of hydrogen-bond donors (Lipinski definition) is 0. The van der Waals surface area contributed by atoms with Crippen LogP contribution in [0.25, 0.3) is 0 Å². The first-order chi connectivity index (χ1) is 8.38. The van der Waals surface area contributed by atoms with E-state index in [-0.39, 0.29) is 5.92 Å². The first-order valence-corrected chi connectivity index (χ1v) is 6.56. The Labute approximate surface area is 102 Å². The zero-order chi connectivity index (χ0) is 11.7. The maximum atomic E-state index is 9.21. The molecule has 0 aliphatic heterocycles. The van der Waals surface area contributed by atoms with E-state index < -0.39 is 0 Å². The molecule has 17 heavy (non-hydrogen) atoms. The highest BCUT2D eigenvalue weighted by molar-refractivity contribution is 5.05. The Balaban J connectivity index is 1.73. The van der Waals surface area contributed by atoms with Crippen LogP contribution in [0, 0.1) is 17.2 Å². The van der Waals surface area contributed by atoms with Crippen molar-refractivity contribution in [1.29, 1.82) is 5.26 Å². The van der Waals surface area contributed by atoms with Crippen LogP contribution in [0.1, 0.15) is 37.9 Å². The molecule has 2 aliphatic carbocycles. The normalized spacial score (nSPS) is 28.5. The van der Waals surface area contributed by atoms with Crippen molar-refractivity contribution in [1.82, 2.24) is 4.90 Å². The van der Waals surface area contributed by atoms with Crippen LogP contribution in [-0.2, 0) is 6.54 Å². The van der Waals surface area contributed by atoms with Crippen molar-refractivity contribution in [2.45, 2.75) is 50.7 Å². The average Bonchev–Trinajstić information content (AvgIpc) is 2.89. The van der Waals surface area contributed by atoms with Crippen molar-refractivity contribution in [3.8, 4) is 6.07 Å². The molecule has 0 amide bonds. The van der Waals surface area contributed by atoms with Gasteiger partial charge in [0.1, 0.15) is 5.76 Å². The Hall–Kier alpha value is -1.27. The van der Waals surface area contributed by atoms with Gasteiger partial charge in [0, 0.05) is 12.1 Å². The minimum atomic E-state index is 0.227. The van der Waals surface area contributed by atoms with E-state index in [4.69, 9.17) is 4.42 Å². The van der Waals surface area contributed by atoms with Crippen molar-refractivity contribution in [3.63, 3.8) is 0 Å². The predicted octanol–water partition coefficient (Wildman–Crippen LogP) is 2.94. The summed E-state index contributed by atoms with van der Waals surface area (Å²) in [5.41, 5.74) is 0. The summed E-state index contributed by atoms with van der Waals surface area (Å²) < 4.78 is 5.45. The third-order valence-corrected chi connectivity index (χ3v) is 4.01. The molecular formula is C14H18N2O. The van der Waals surface area contributed by atoms with E-state index in [2.05, 4.69) is 11.0 Å². The van der Waals surface area contributed by atoms with E-state index in [1.165, 1.54) is 25.7 Å². The standard InChI is InChI=1S/C14H18N2O/c15-9-11-3-1-5-14(11)16(12-6-7-12)10-13-4-2-8-17-13/h2,4,8,11-12,14H,1,3,5-7,10H2. The molecule has 0 aromatic carbocycles. The van der Waals surface area contributed by atoms with Crippen molar-refractivity contribution in [2.75, 3.05) is 0 Å². The van der Waals surface area contributed by atoms with Crippen LogP contribution in [0.3, 0.4) is 0 Å². The van der Waals surface area contributed by atoms with Gasteiger partial charge in [-0.25, -0.2) is 0 Å².